The van der Waals surface area contributed by atoms with E-state index in [1.807, 2.05) is 48.9 Å². The number of aromatic nitrogens is 5. The maximum absolute atomic E-state index is 12.5. The third-order valence-corrected chi connectivity index (χ3v) is 3.88. The van der Waals surface area contributed by atoms with Gasteiger partial charge in [-0.15, -0.1) is 0 Å². The van der Waals surface area contributed by atoms with Crippen molar-refractivity contribution in [3.05, 3.63) is 47.7 Å². The minimum atomic E-state index is -0.227. The molecule has 130 valence electrons. The number of benzene rings is 1. The average molecular weight is 339 g/mol. The second kappa shape index (κ2) is 7.16. The highest BCUT2D eigenvalue weighted by Gasteiger charge is 2.18. The molecule has 0 aliphatic carbocycles. The van der Waals surface area contributed by atoms with Crippen LogP contribution in [0.2, 0.25) is 0 Å². The molecule has 25 heavy (non-hydrogen) atoms. The van der Waals surface area contributed by atoms with Gasteiger partial charge in [0, 0.05) is 13.1 Å². The van der Waals surface area contributed by atoms with E-state index in [-0.39, 0.29) is 5.91 Å². The monoisotopic (exact) mass is 339 g/mol. The third-order valence-electron chi connectivity index (χ3n) is 3.88. The summed E-state index contributed by atoms with van der Waals surface area (Å²) in [6.45, 7) is 4.99. The quantitative estimate of drug-likeness (QED) is 0.591. The lowest BCUT2D eigenvalue weighted by molar-refractivity contribution is 0.0948. The molecule has 0 saturated heterocycles. The molecule has 0 atom stereocenters. The number of rotatable bonds is 6. The molecule has 3 rings (SSSR count). The number of nitrogen functional groups attached to an aromatic ring is 1. The van der Waals surface area contributed by atoms with Gasteiger partial charge in [-0.2, -0.15) is 10.2 Å². The molecule has 1 amide bonds. The van der Waals surface area contributed by atoms with Crippen molar-refractivity contribution in [2.45, 2.75) is 26.8 Å². The summed E-state index contributed by atoms with van der Waals surface area (Å²) < 4.78 is 1.84. The van der Waals surface area contributed by atoms with Crippen molar-refractivity contribution in [3.8, 4) is 11.1 Å². The molecule has 0 aliphatic rings. The highest BCUT2D eigenvalue weighted by atomic mass is 16.1. The number of aryl methyl sites for hydroxylation is 3. The Kier molecular flexibility index (Phi) is 4.78. The van der Waals surface area contributed by atoms with Crippen LogP contribution in [-0.2, 0) is 6.54 Å². The molecule has 8 nitrogen and oxygen atoms in total. The lowest BCUT2D eigenvalue weighted by atomic mass is 10.1. The smallest absolute Gasteiger partial charge is 0.270 e. The summed E-state index contributed by atoms with van der Waals surface area (Å²) in [5.41, 5.74) is 7.77. The number of nitrogens with zero attached hydrogens (tertiary/aromatic N) is 4. The predicted molar refractivity (Wildman–Crippen MR) is 94.9 cm³/mol. The SMILES string of the molecule is Cc1nc(C)n(CCCNC(=O)c2[nH]nc(N)c2-c2ccccc2)n1. The molecule has 2 heterocycles. The first-order chi connectivity index (χ1) is 12.1. The molecule has 1 aromatic carbocycles. The summed E-state index contributed by atoms with van der Waals surface area (Å²) >= 11 is 0. The zero-order valence-corrected chi connectivity index (χ0v) is 14.3. The van der Waals surface area contributed by atoms with E-state index in [9.17, 15) is 4.79 Å². The molecule has 4 N–H and O–H groups in total. The molecule has 0 bridgehead atoms. The van der Waals surface area contributed by atoms with Gasteiger partial charge in [-0.05, 0) is 25.8 Å². The second-order valence-corrected chi connectivity index (χ2v) is 5.76. The lowest BCUT2D eigenvalue weighted by Crippen LogP contribution is -2.26. The first-order valence-electron chi connectivity index (χ1n) is 8.11. The number of anilines is 1. The lowest BCUT2D eigenvalue weighted by Gasteiger charge is -2.07. The second-order valence-electron chi connectivity index (χ2n) is 5.76. The zero-order chi connectivity index (χ0) is 17.8. The molecule has 3 aromatic rings. The number of hydrogen-bond acceptors (Lipinski definition) is 5. The average Bonchev–Trinajstić information content (AvgIpc) is 3.14. The van der Waals surface area contributed by atoms with Crippen LogP contribution in [0, 0.1) is 13.8 Å². The van der Waals surface area contributed by atoms with Crippen LogP contribution in [0.5, 0.6) is 0 Å². The van der Waals surface area contributed by atoms with Crippen LogP contribution >= 0.6 is 0 Å². The van der Waals surface area contributed by atoms with E-state index in [2.05, 4.69) is 25.6 Å². The molecule has 2 aromatic heterocycles. The summed E-state index contributed by atoms with van der Waals surface area (Å²) in [5.74, 6) is 1.71. The van der Waals surface area contributed by atoms with E-state index in [1.54, 1.807) is 0 Å². The van der Waals surface area contributed by atoms with Gasteiger partial charge in [-0.3, -0.25) is 14.6 Å². The van der Waals surface area contributed by atoms with E-state index < -0.39 is 0 Å². The van der Waals surface area contributed by atoms with Crippen LogP contribution in [0.25, 0.3) is 11.1 Å². The normalized spacial score (nSPS) is 10.8. The van der Waals surface area contributed by atoms with Gasteiger partial charge < -0.3 is 11.1 Å². The third kappa shape index (κ3) is 3.68. The first kappa shape index (κ1) is 16.7. The fourth-order valence-electron chi connectivity index (χ4n) is 2.71. The van der Waals surface area contributed by atoms with Gasteiger partial charge in [0.15, 0.2) is 5.82 Å². The van der Waals surface area contributed by atoms with Gasteiger partial charge in [-0.1, -0.05) is 30.3 Å². The summed E-state index contributed by atoms with van der Waals surface area (Å²) in [5, 5.41) is 13.9. The van der Waals surface area contributed by atoms with E-state index in [1.165, 1.54) is 0 Å². The topological polar surface area (TPSA) is 115 Å². The van der Waals surface area contributed by atoms with E-state index in [4.69, 9.17) is 5.73 Å². The predicted octanol–water partition coefficient (Wildman–Crippen LogP) is 1.69. The molecule has 8 heteroatoms. The van der Waals surface area contributed by atoms with Crippen LogP contribution in [0.3, 0.4) is 0 Å². The Balaban J connectivity index is 1.62. The van der Waals surface area contributed by atoms with Crippen LogP contribution < -0.4 is 11.1 Å². The maximum atomic E-state index is 12.5. The Morgan fingerprint density at radius 2 is 2.04 bits per heavy atom. The summed E-state index contributed by atoms with van der Waals surface area (Å²) in [6, 6.07) is 9.49. The van der Waals surface area contributed by atoms with Crippen molar-refractivity contribution in [3.63, 3.8) is 0 Å². The maximum Gasteiger partial charge on any atom is 0.270 e. The van der Waals surface area contributed by atoms with Gasteiger partial charge in [0.2, 0.25) is 0 Å². The van der Waals surface area contributed by atoms with Gasteiger partial charge >= 0.3 is 0 Å². The van der Waals surface area contributed by atoms with Crippen LogP contribution in [-0.4, -0.2) is 37.4 Å². The minimum absolute atomic E-state index is 0.227. The largest absolute Gasteiger partial charge is 0.382 e. The molecular formula is C17H21N7O. The summed E-state index contributed by atoms with van der Waals surface area (Å²) in [7, 11) is 0. The number of H-pyrrole nitrogens is 1. The van der Waals surface area contributed by atoms with Crippen LogP contribution in [0.15, 0.2) is 30.3 Å². The number of nitrogens with one attached hydrogen (secondary N) is 2. The zero-order valence-electron chi connectivity index (χ0n) is 14.3. The number of nitrogens with two attached hydrogens (primary N) is 1. The summed E-state index contributed by atoms with van der Waals surface area (Å²) in [6.07, 6.45) is 0.750. The summed E-state index contributed by atoms with van der Waals surface area (Å²) in [4.78, 5) is 16.7. The van der Waals surface area contributed by atoms with E-state index in [0.717, 1.165) is 23.6 Å². The Morgan fingerprint density at radius 1 is 1.28 bits per heavy atom. The molecular weight excluding hydrogens is 318 g/mol. The highest BCUT2D eigenvalue weighted by Crippen LogP contribution is 2.27. The van der Waals surface area contributed by atoms with Gasteiger partial charge in [0.1, 0.15) is 17.3 Å². The van der Waals surface area contributed by atoms with Crippen LogP contribution in [0.4, 0.5) is 5.82 Å². The Labute approximate surface area is 145 Å². The molecule has 0 fully saturated rings. The highest BCUT2D eigenvalue weighted by molar-refractivity contribution is 6.01. The standard InChI is InChI=1S/C17H21N7O/c1-11-20-12(2)24(23-11)10-6-9-19-17(25)15-14(16(18)22-21-15)13-7-4-3-5-8-13/h3-5,7-8H,6,9-10H2,1-2H3,(H,19,25)(H3,18,21,22). The van der Waals surface area contributed by atoms with E-state index >= 15 is 0 Å². The van der Waals surface area contributed by atoms with Gasteiger partial charge in [-0.25, -0.2) is 4.98 Å². The Bertz CT molecular complexity index is 867. The number of amides is 1. The van der Waals surface area contributed by atoms with Crippen molar-refractivity contribution < 1.29 is 4.79 Å². The number of hydrogen-bond donors (Lipinski definition) is 3. The molecule has 0 aliphatic heterocycles. The Morgan fingerprint density at radius 3 is 2.72 bits per heavy atom. The van der Waals surface area contributed by atoms with Crippen LogP contribution in [0.1, 0.15) is 28.6 Å². The minimum Gasteiger partial charge on any atom is -0.382 e. The number of carbonyl (C=O) groups excluding carboxylic acids is 1. The number of aromatic amines is 1. The van der Waals surface area contributed by atoms with Crippen molar-refractivity contribution in [2.75, 3.05) is 12.3 Å². The molecule has 0 unspecified atom stereocenters. The van der Waals surface area contributed by atoms with Crippen molar-refractivity contribution in [1.82, 2.24) is 30.3 Å². The molecule has 0 radical (unpaired) electrons. The van der Waals surface area contributed by atoms with Gasteiger partial charge in [0.25, 0.3) is 5.91 Å². The first-order valence-corrected chi connectivity index (χ1v) is 8.11. The van der Waals surface area contributed by atoms with Crippen molar-refractivity contribution >= 4 is 11.7 Å². The van der Waals surface area contributed by atoms with E-state index in [0.29, 0.717) is 30.2 Å². The number of carbonyl (C=O) groups is 1. The molecule has 0 saturated carbocycles. The van der Waals surface area contributed by atoms with Crippen molar-refractivity contribution in [1.29, 1.82) is 0 Å². The fourth-order valence-corrected chi connectivity index (χ4v) is 2.71. The Hall–Kier alpha value is -3.16. The molecule has 0 spiro atoms. The van der Waals surface area contributed by atoms with Crippen molar-refractivity contribution in [2.24, 2.45) is 0 Å². The van der Waals surface area contributed by atoms with Gasteiger partial charge in [0.05, 0.1) is 5.56 Å². The fraction of sp³-hybridized carbons (Fsp3) is 0.294.